The van der Waals surface area contributed by atoms with Crippen molar-refractivity contribution < 1.29 is 9.69 Å². The first kappa shape index (κ1) is 16.8. The van der Waals surface area contributed by atoms with Crippen LogP contribution >= 0.6 is 23.2 Å². The molecule has 0 spiro atoms. The van der Waals surface area contributed by atoms with Gasteiger partial charge in [-0.3, -0.25) is 4.79 Å². The van der Waals surface area contributed by atoms with Crippen LogP contribution in [0.4, 0.5) is 5.69 Å². The summed E-state index contributed by atoms with van der Waals surface area (Å²) < 4.78 is 0. The zero-order valence-corrected chi connectivity index (χ0v) is 14.1. The van der Waals surface area contributed by atoms with Gasteiger partial charge in [-0.1, -0.05) is 47.0 Å². The minimum Gasteiger partial charge on any atom is -0.326 e. The highest BCUT2D eigenvalue weighted by Gasteiger charge is 2.14. The van der Waals surface area contributed by atoms with Crippen molar-refractivity contribution in [2.24, 2.45) is 0 Å². The van der Waals surface area contributed by atoms with E-state index in [0.29, 0.717) is 23.1 Å². The lowest BCUT2D eigenvalue weighted by molar-refractivity contribution is -0.885. The molecule has 0 bridgehead atoms. The molecule has 1 amide bonds. The standard InChI is InChI=1S/C17H18Cl2N2O/c1-12-6-8-13(9-7-12)20-17(22)11-21(2)10-14-15(18)4-3-5-16(14)19/h3-9H,10-11H2,1-2H3,(H,20,22)/p+1. The molecule has 0 aromatic heterocycles. The number of quaternary nitrogens is 1. The van der Waals surface area contributed by atoms with Gasteiger partial charge in [-0.15, -0.1) is 0 Å². The first-order valence-corrected chi connectivity index (χ1v) is 7.82. The Morgan fingerprint density at radius 1 is 1.09 bits per heavy atom. The van der Waals surface area contributed by atoms with Gasteiger partial charge in [0.2, 0.25) is 0 Å². The van der Waals surface area contributed by atoms with E-state index in [1.807, 2.05) is 56.4 Å². The van der Waals surface area contributed by atoms with Crippen molar-refractivity contribution in [3.8, 4) is 0 Å². The fourth-order valence-electron chi connectivity index (χ4n) is 2.18. The van der Waals surface area contributed by atoms with E-state index in [4.69, 9.17) is 23.2 Å². The van der Waals surface area contributed by atoms with Crippen LogP contribution in [0.1, 0.15) is 11.1 Å². The number of anilines is 1. The molecule has 116 valence electrons. The second-order valence-electron chi connectivity index (χ2n) is 5.43. The van der Waals surface area contributed by atoms with Crippen LogP contribution in [0.2, 0.25) is 10.0 Å². The molecule has 2 N–H and O–H groups in total. The van der Waals surface area contributed by atoms with Crippen molar-refractivity contribution in [2.45, 2.75) is 13.5 Å². The molecule has 0 radical (unpaired) electrons. The SMILES string of the molecule is Cc1ccc(NC(=O)C[NH+](C)Cc2c(Cl)cccc2Cl)cc1. The number of aryl methyl sites for hydroxylation is 1. The van der Waals surface area contributed by atoms with E-state index in [1.165, 1.54) is 0 Å². The lowest BCUT2D eigenvalue weighted by Gasteiger charge is -2.15. The van der Waals surface area contributed by atoms with E-state index in [9.17, 15) is 4.79 Å². The molecular weight excluding hydrogens is 319 g/mol. The summed E-state index contributed by atoms with van der Waals surface area (Å²) in [5, 5.41) is 4.15. The zero-order valence-electron chi connectivity index (χ0n) is 12.6. The molecule has 0 heterocycles. The number of amides is 1. The predicted octanol–water partition coefficient (Wildman–Crippen LogP) is 2.96. The molecule has 5 heteroatoms. The smallest absolute Gasteiger partial charge is 0.279 e. The molecule has 0 aliphatic rings. The summed E-state index contributed by atoms with van der Waals surface area (Å²) >= 11 is 12.3. The highest BCUT2D eigenvalue weighted by atomic mass is 35.5. The molecule has 3 nitrogen and oxygen atoms in total. The topological polar surface area (TPSA) is 33.5 Å². The third-order valence-corrected chi connectivity index (χ3v) is 4.05. The number of halogens is 2. The van der Waals surface area contributed by atoms with Crippen molar-refractivity contribution >= 4 is 34.8 Å². The van der Waals surface area contributed by atoms with Gasteiger partial charge in [-0.2, -0.15) is 0 Å². The maximum atomic E-state index is 12.1. The number of carbonyl (C=O) groups excluding carboxylic acids is 1. The van der Waals surface area contributed by atoms with Crippen LogP contribution in [-0.4, -0.2) is 19.5 Å². The second kappa shape index (κ2) is 7.63. The normalized spacial score (nSPS) is 12.0. The van der Waals surface area contributed by atoms with Gasteiger partial charge in [-0.25, -0.2) is 0 Å². The quantitative estimate of drug-likeness (QED) is 0.864. The maximum absolute atomic E-state index is 12.1. The van der Waals surface area contributed by atoms with Gasteiger partial charge in [-0.05, 0) is 31.2 Å². The van der Waals surface area contributed by atoms with Gasteiger partial charge >= 0.3 is 0 Å². The summed E-state index contributed by atoms with van der Waals surface area (Å²) in [7, 11) is 1.94. The third-order valence-electron chi connectivity index (χ3n) is 3.34. The molecular formula is C17H19Cl2N2O+. The van der Waals surface area contributed by atoms with Crippen LogP contribution in [0.15, 0.2) is 42.5 Å². The second-order valence-corrected chi connectivity index (χ2v) is 6.24. The van der Waals surface area contributed by atoms with Crippen LogP contribution in [0.3, 0.4) is 0 Å². The van der Waals surface area contributed by atoms with Gasteiger partial charge in [0.25, 0.3) is 5.91 Å². The highest BCUT2D eigenvalue weighted by Crippen LogP contribution is 2.23. The average molecular weight is 338 g/mol. The molecule has 1 atom stereocenters. The third kappa shape index (κ3) is 4.73. The van der Waals surface area contributed by atoms with Crippen LogP contribution in [0.5, 0.6) is 0 Å². The Morgan fingerprint density at radius 3 is 2.27 bits per heavy atom. The summed E-state index contributed by atoms with van der Waals surface area (Å²) in [6.45, 7) is 2.95. The molecule has 0 aliphatic heterocycles. The molecule has 2 aromatic rings. The van der Waals surface area contributed by atoms with E-state index >= 15 is 0 Å². The number of carbonyl (C=O) groups is 1. The average Bonchev–Trinajstić information content (AvgIpc) is 2.45. The lowest BCUT2D eigenvalue weighted by atomic mass is 10.2. The minimum atomic E-state index is -0.0375. The summed E-state index contributed by atoms with van der Waals surface area (Å²) in [6, 6.07) is 13.2. The van der Waals surface area contributed by atoms with Crippen molar-refractivity contribution in [2.75, 3.05) is 18.9 Å². The van der Waals surface area contributed by atoms with Gasteiger partial charge in [0.05, 0.1) is 17.1 Å². The lowest BCUT2D eigenvalue weighted by Crippen LogP contribution is -3.08. The van der Waals surface area contributed by atoms with Crippen molar-refractivity contribution in [1.29, 1.82) is 0 Å². The van der Waals surface area contributed by atoms with Crippen molar-refractivity contribution in [3.05, 3.63) is 63.6 Å². The molecule has 2 rings (SSSR count). The van der Waals surface area contributed by atoms with Gasteiger partial charge in [0, 0.05) is 11.3 Å². The summed E-state index contributed by atoms with van der Waals surface area (Å²) in [5.41, 5.74) is 2.83. The molecule has 0 fully saturated rings. The Morgan fingerprint density at radius 2 is 1.68 bits per heavy atom. The largest absolute Gasteiger partial charge is 0.326 e. The summed E-state index contributed by atoms with van der Waals surface area (Å²) in [6.07, 6.45) is 0. The van der Waals surface area contributed by atoms with Crippen molar-refractivity contribution in [3.63, 3.8) is 0 Å². The number of hydrogen-bond donors (Lipinski definition) is 2. The molecule has 22 heavy (non-hydrogen) atoms. The fourth-order valence-corrected chi connectivity index (χ4v) is 2.71. The van der Waals surface area contributed by atoms with Gasteiger partial charge in [0.15, 0.2) is 6.54 Å². The number of rotatable bonds is 5. The Hall–Kier alpha value is -1.55. The molecule has 0 aliphatic carbocycles. The fraction of sp³-hybridized carbons (Fsp3) is 0.235. The zero-order chi connectivity index (χ0) is 16.1. The minimum absolute atomic E-state index is 0.0375. The highest BCUT2D eigenvalue weighted by molar-refractivity contribution is 6.35. The first-order chi connectivity index (χ1) is 10.5. The Kier molecular flexibility index (Phi) is 5.83. The van der Waals surface area contributed by atoms with Crippen LogP contribution in [0.25, 0.3) is 0 Å². The number of nitrogens with one attached hydrogen (secondary N) is 2. The van der Waals surface area contributed by atoms with E-state index in [2.05, 4.69) is 5.32 Å². The monoisotopic (exact) mass is 337 g/mol. The Labute approximate surface area is 140 Å². The molecule has 0 saturated carbocycles. The Balaban J connectivity index is 1.92. The molecule has 2 aromatic carbocycles. The predicted molar refractivity (Wildman–Crippen MR) is 91.7 cm³/mol. The molecule has 1 unspecified atom stereocenters. The number of likely N-dealkylation sites (N-methyl/N-ethyl adjacent to an activating group) is 1. The van der Waals surface area contributed by atoms with E-state index < -0.39 is 0 Å². The van der Waals surface area contributed by atoms with E-state index in [0.717, 1.165) is 21.7 Å². The summed E-state index contributed by atoms with van der Waals surface area (Å²) in [5.74, 6) is -0.0375. The van der Waals surface area contributed by atoms with E-state index in [-0.39, 0.29) is 5.91 Å². The van der Waals surface area contributed by atoms with Crippen LogP contribution in [-0.2, 0) is 11.3 Å². The summed E-state index contributed by atoms with van der Waals surface area (Å²) in [4.78, 5) is 13.1. The van der Waals surface area contributed by atoms with Gasteiger partial charge in [0.1, 0.15) is 6.54 Å². The Bertz CT molecular complexity index is 636. The number of benzene rings is 2. The number of hydrogen-bond acceptors (Lipinski definition) is 1. The van der Waals surface area contributed by atoms with E-state index in [1.54, 1.807) is 0 Å². The van der Waals surface area contributed by atoms with Gasteiger partial charge < -0.3 is 10.2 Å². The maximum Gasteiger partial charge on any atom is 0.279 e. The van der Waals surface area contributed by atoms with Crippen molar-refractivity contribution in [1.82, 2.24) is 0 Å². The molecule has 0 saturated heterocycles. The van der Waals surface area contributed by atoms with Crippen LogP contribution < -0.4 is 10.2 Å². The van der Waals surface area contributed by atoms with Crippen LogP contribution in [0, 0.1) is 6.92 Å². The first-order valence-electron chi connectivity index (χ1n) is 7.06.